The summed E-state index contributed by atoms with van der Waals surface area (Å²) in [4.78, 5) is 2.57. The molecule has 0 aliphatic rings. The van der Waals surface area contributed by atoms with Gasteiger partial charge in [-0.25, -0.2) is 0 Å². The van der Waals surface area contributed by atoms with Crippen molar-refractivity contribution in [2.45, 2.75) is 93.5 Å². The van der Waals surface area contributed by atoms with Crippen molar-refractivity contribution in [3.63, 3.8) is 0 Å². The van der Waals surface area contributed by atoms with Crippen LogP contribution in [0.5, 0.6) is 0 Å². The average Bonchev–Trinajstić information content (AvgIpc) is 2.52. The van der Waals surface area contributed by atoms with Gasteiger partial charge in [-0.1, -0.05) is 60.4 Å². The maximum atomic E-state index is 2.57. The van der Waals surface area contributed by atoms with Crippen molar-refractivity contribution < 1.29 is 0 Å². The fourth-order valence-electron chi connectivity index (χ4n) is 3.03. The first-order valence-corrected chi connectivity index (χ1v) is 10.1. The third kappa shape index (κ3) is 12.9. The smallest absolute Gasteiger partial charge is 0.0315 e. The van der Waals surface area contributed by atoms with Crippen LogP contribution in [0.1, 0.15) is 87.5 Å². The van der Waals surface area contributed by atoms with Crippen LogP contribution in [0.15, 0.2) is 46.6 Å². The zero-order valence-corrected chi connectivity index (χ0v) is 18.3. The van der Waals surface area contributed by atoms with Crippen LogP contribution < -0.4 is 0 Å². The van der Waals surface area contributed by atoms with Gasteiger partial charge in [0.25, 0.3) is 0 Å². The van der Waals surface area contributed by atoms with Crippen LogP contribution in [-0.4, -0.2) is 24.0 Å². The van der Waals surface area contributed by atoms with Gasteiger partial charge in [0.05, 0.1) is 0 Å². The molecule has 0 saturated heterocycles. The molecule has 0 aromatic carbocycles. The first-order valence-electron chi connectivity index (χ1n) is 10.1. The number of likely N-dealkylation sites (N-methyl/N-ethyl adjacent to an activating group) is 1. The summed E-state index contributed by atoms with van der Waals surface area (Å²) >= 11 is 0. The van der Waals surface area contributed by atoms with Crippen LogP contribution in [0, 0.1) is 0 Å². The molecule has 0 aromatic heterocycles. The van der Waals surface area contributed by atoms with E-state index in [2.05, 4.69) is 84.6 Å². The standard InChI is InChI=1S/C24H43N/c1-9-25(10-2)24(19-23(8)16-12-14-21(5)6)18-17-22(7)15-11-13-20(3)4/h13-14,17,19,24H,9-12,15-16,18H2,1-8H3/b22-17+,23-19+. The zero-order chi connectivity index (χ0) is 19.2. The minimum Gasteiger partial charge on any atom is -0.297 e. The van der Waals surface area contributed by atoms with Crippen LogP contribution in [0.2, 0.25) is 0 Å². The topological polar surface area (TPSA) is 3.24 Å². The molecule has 144 valence electrons. The second kappa shape index (κ2) is 14.1. The molecule has 0 bridgehead atoms. The highest BCUT2D eigenvalue weighted by molar-refractivity contribution is 5.10. The van der Waals surface area contributed by atoms with Gasteiger partial charge in [0.15, 0.2) is 0 Å². The number of hydrogen-bond donors (Lipinski definition) is 0. The van der Waals surface area contributed by atoms with Gasteiger partial charge in [0.2, 0.25) is 0 Å². The Morgan fingerprint density at radius 3 is 1.64 bits per heavy atom. The van der Waals surface area contributed by atoms with Gasteiger partial charge in [-0.2, -0.15) is 0 Å². The lowest BCUT2D eigenvalue weighted by Crippen LogP contribution is -2.33. The van der Waals surface area contributed by atoms with Crippen molar-refractivity contribution in [2.75, 3.05) is 13.1 Å². The van der Waals surface area contributed by atoms with Gasteiger partial charge < -0.3 is 0 Å². The highest BCUT2D eigenvalue weighted by Gasteiger charge is 2.12. The summed E-state index contributed by atoms with van der Waals surface area (Å²) < 4.78 is 0. The molecular weight excluding hydrogens is 302 g/mol. The molecule has 0 aromatic rings. The molecule has 1 unspecified atom stereocenters. The zero-order valence-electron chi connectivity index (χ0n) is 18.3. The summed E-state index contributed by atoms with van der Waals surface area (Å²) in [5, 5.41) is 0. The SMILES string of the molecule is CCN(CC)C(/C=C(\C)CCC=C(C)C)C/C=C(\C)CCC=C(C)C. The summed E-state index contributed by atoms with van der Waals surface area (Å²) in [6.07, 6.45) is 15.5. The molecule has 0 rings (SSSR count). The minimum absolute atomic E-state index is 0.528. The van der Waals surface area contributed by atoms with Crippen LogP contribution in [-0.2, 0) is 0 Å². The molecule has 0 aliphatic heterocycles. The molecule has 0 fully saturated rings. The Kier molecular flexibility index (Phi) is 13.5. The van der Waals surface area contributed by atoms with Crippen molar-refractivity contribution in [3.05, 3.63) is 46.6 Å². The maximum absolute atomic E-state index is 2.57. The Hall–Kier alpha value is -1.08. The van der Waals surface area contributed by atoms with Gasteiger partial charge in [0, 0.05) is 6.04 Å². The highest BCUT2D eigenvalue weighted by Crippen LogP contribution is 2.16. The lowest BCUT2D eigenvalue weighted by molar-refractivity contribution is 0.254. The molecule has 0 spiro atoms. The van der Waals surface area contributed by atoms with E-state index in [1.165, 1.54) is 35.1 Å². The minimum atomic E-state index is 0.528. The Bertz CT molecular complexity index is 464. The second-order valence-corrected chi connectivity index (χ2v) is 7.73. The number of allylic oxidation sites excluding steroid dienone is 6. The first kappa shape index (κ1) is 23.9. The molecular formula is C24H43N. The van der Waals surface area contributed by atoms with Crippen LogP contribution in [0.4, 0.5) is 0 Å². The van der Waals surface area contributed by atoms with Gasteiger partial charge in [0.1, 0.15) is 0 Å². The Labute approximate surface area is 158 Å². The van der Waals surface area contributed by atoms with Crippen molar-refractivity contribution >= 4 is 0 Å². The van der Waals surface area contributed by atoms with Crippen molar-refractivity contribution in [1.29, 1.82) is 0 Å². The molecule has 25 heavy (non-hydrogen) atoms. The van der Waals surface area contributed by atoms with Crippen LogP contribution >= 0.6 is 0 Å². The molecule has 0 heterocycles. The number of hydrogen-bond acceptors (Lipinski definition) is 1. The largest absolute Gasteiger partial charge is 0.297 e. The average molecular weight is 346 g/mol. The summed E-state index contributed by atoms with van der Waals surface area (Å²) in [7, 11) is 0. The maximum Gasteiger partial charge on any atom is 0.0315 e. The van der Waals surface area contributed by atoms with E-state index in [9.17, 15) is 0 Å². The molecule has 0 amide bonds. The number of nitrogens with zero attached hydrogens (tertiary/aromatic N) is 1. The molecule has 0 aliphatic carbocycles. The molecule has 1 atom stereocenters. The van der Waals surface area contributed by atoms with E-state index in [1.54, 1.807) is 0 Å². The van der Waals surface area contributed by atoms with Crippen molar-refractivity contribution in [3.8, 4) is 0 Å². The summed E-state index contributed by atoms with van der Waals surface area (Å²) in [5.41, 5.74) is 5.88. The van der Waals surface area contributed by atoms with E-state index in [0.29, 0.717) is 6.04 Å². The third-order valence-corrected chi connectivity index (χ3v) is 4.65. The molecule has 1 heteroatoms. The van der Waals surface area contributed by atoms with E-state index in [-0.39, 0.29) is 0 Å². The van der Waals surface area contributed by atoms with Gasteiger partial charge >= 0.3 is 0 Å². The van der Waals surface area contributed by atoms with Crippen LogP contribution in [0.25, 0.3) is 0 Å². The first-order chi connectivity index (χ1) is 11.8. The van der Waals surface area contributed by atoms with E-state index in [0.717, 1.165) is 32.4 Å². The monoisotopic (exact) mass is 345 g/mol. The van der Waals surface area contributed by atoms with E-state index in [1.807, 2.05) is 0 Å². The second-order valence-electron chi connectivity index (χ2n) is 7.73. The van der Waals surface area contributed by atoms with Gasteiger partial charge in [-0.15, -0.1) is 0 Å². The highest BCUT2D eigenvalue weighted by atomic mass is 15.1. The summed E-state index contributed by atoms with van der Waals surface area (Å²) in [6, 6.07) is 0.528. The van der Waals surface area contributed by atoms with Gasteiger partial charge in [-0.05, 0) is 86.7 Å². The predicted molar refractivity (Wildman–Crippen MR) is 116 cm³/mol. The van der Waals surface area contributed by atoms with Crippen molar-refractivity contribution in [1.82, 2.24) is 4.90 Å². The Morgan fingerprint density at radius 2 is 1.20 bits per heavy atom. The van der Waals surface area contributed by atoms with E-state index in [4.69, 9.17) is 0 Å². The fraction of sp³-hybridized carbons (Fsp3) is 0.667. The molecule has 1 nitrogen and oxygen atoms in total. The molecule has 0 radical (unpaired) electrons. The Morgan fingerprint density at radius 1 is 0.720 bits per heavy atom. The van der Waals surface area contributed by atoms with E-state index < -0.39 is 0 Å². The van der Waals surface area contributed by atoms with Gasteiger partial charge in [-0.3, -0.25) is 4.90 Å². The van der Waals surface area contributed by atoms with E-state index >= 15 is 0 Å². The summed E-state index contributed by atoms with van der Waals surface area (Å²) in [6.45, 7) is 20.1. The lowest BCUT2D eigenvalue weighted by Gasteiger charge is -2.27. The summed E-state index contributed by atoms with van der Waals surface area (Å²) in [5.74, 6) is 0. The third-order valence-electron chi connectivity index (χ3n) is 4.65. The molecule has 0 N–H and O–H groups in total. The fourth-order valence-corrected chi connectivity index (χ4v) is 3.03. The normalized spacial score (nSPS) is 13.8. The predicted octanol–water partition coefficient (Wildman–Crippen LogP) is 7.47. The lowest BCUT2D eigenvalue weighted by atomic mass is 10.0. The van der Waals surface area contributed by atoms with Crippen LogP contribution in [0.3, 0.4) is 0 Å². The number of rotatable bonds is 12. The van der Waals surface area contributed by atoms with Crippen molar-refractivity contribution in [2.24, 2.45) is 0 Å². The quantitative estimate of drug-likeness (QED) is 0.331. The Balaban J connectivity index is 4.87. The molecule has 0 saturated carbocycles.